The number of rotatable bonds is 11. The summed E-state index contributed by atoms with van der Waals surface area (Å²) in [7, 11) is 2.61. The van der Waals surface area contributed by atoms with E-state index in [-0.39, 0.29) is 41.1 Å². The molecule has 4 aliphatic rings. The third-order valence-electron chi connectivity index (χ3n) is 13.7. The monoisotopic (exact) mass is 832 g/mol. The van der Waals surface area contributed by atoms with E-state index in [0.717, 1.165) is 72.7 Å². The number of aromatic nitrogens is 4. The number of hydrogen-bond acceptors (Lipinski definition) is 8. The number of imidazole rings is 2. The van der Waals surface area contributed by atoms with Gasteiger partial charge < -0.3 is 39.9 Å². The van der Waals surface area contributed by atoms with Crippen molar-refractivity contribution in [3.8, 4) is 33.6 Å². The first-order valence-electron chi connectivity index (χ1n) is 22.1. The molecule has 2 saturated heterocycles. The Morgan fingerprint density at radius 2 is 1.11 bits per heavy atom. The Kier molecular flexibility index (Phi) is 12.0. The van der Waals surface area contributed by atoms with Crippen molar-refractivity contribution in [2.24, 2.45) is 17.3 Å². The first-order valence-corrected chi connectivity index (χ1v) is 22.1. The molecule has 3 fully saturated rings. The number of amides is 4. The summed E-state index contributed by atoms with van der Waals surface area (Å²) in [5.41, 5.74) is 9.52. The number of likely N-dealkylation sites (tertiary alicyclic amines) is 2. The SMILES string of the molecule is COC(=O)NC(C(=O)N1CCC[C@H]1c1ncc(-c2ccc(-c3ccc(-c4cnc([C@@H]5CCCN5C(=O)[C@@H](NC(=O)OC)C(C)C)[nH]4)c4c3CC3(CCCC3)C4)cc2)[nH]1)C(C)C. The summed E-state index contributed by atoms with van der Waals surface area (Å²) in [6.07, 6.45) is 12.9. The van der Waals surface area contributed by atoms with Crippen LogP contribution in [0.5, 0.6) is 0 Å². The highest BCUT2D eigenvalue weighted by Crippen LogP contribution is 2.53. The minimum Gasteiger partial charge on any atom is -0.453 e. The molecule has 2 aromatic carbocycles. The second-order valence-electron chi connectivity index (χ2n) is 18.2. The van der Waals surface area contributed by atoms with Gasteiger partial charge in [0.2, 0.25) is 11.8 Å². The molecule has 1 saturated carbocycles. The molecule has 1 unspecified atom stereocenters. The number of ether oxygens (including phenoxy) is 2. The lowest BCUT2D eigenvalue weighted by atomic mass is 9.82. The predicted molar refractivity (Wildman–Crippen MR) is 231 cm³/mol. The van der Waals surface area contributed by atoms with Crippen molar-refractivity contribution in [3.63, 3.8) is 0 Å². The Labute approximate surface area is 358 Å². The number of carbonyl (C=O) groups excluding carboxylic acids is 4. The number of benzene rings is 2. The van der Waals surface area contributed by atoms with Gasteiger partial charge >= 0.3 is 12.2 Å². The second kappa shape index (κ2) is 17.4. The van der Waals surface area contributed by atoms with Gasteiger partial charge in [0, 0.05) is 18.7 Å². The van der Waals surface area contributed by atoms with E-state index in [1.54, 1.807) is 0 Å². The molecule has 4 atom stereocenters. The summed E-state index contributed by atoms with van der Waals surface area (Å²) < 4.78 is 9.62. The molecule has 14 nitrogen and oxygen atoms in total. The number of alkyl carbamates (subject to hydrolysis) is 2. The molecule has 2 aliphatic heterocycles. The number of fused-ring (bicyclic) bond motifs is 1. The maximum Gasteiger partial charge on any atom is 0.407 e. The van der Waals surface area contributed by atoms with Crippen LogP contribution >= 0.6 is 0 Å². The lowest BCUT2D eigenvalue weighted by Gasteiger charge is -2.30. The van der Waals surface area contributed by atoms with Crippen LogP contribution in [0.25, 0.3) is 33.6 Å². The maximum atomic E-state index is 13.8. The molecular formula is C47H60N8O6. The summed E-state index contributed by atoms with van der Waals surface area (Å²) >= 11 is 0. The van der Waals surface area contributed by atoms with Crippen LogP contribution < -0.4 is 10.6 Å². The normalized spacial score (nSPS) is 20.3. The fourth-order valence-corrected chi connectivity index (χ4v) is 10.4. The van der Waals surface area contributed by atoms with E-state index in [1.807, 2.05) is 49.9 Å². The van der Waals surface area contributed by atoms with Crippen LogP contribution in [-0.2, 0) is 31.9 Å². The van der Waals surface area contributed by atoms with Crippen LogP contribution in [0.4, 0.5) is 9.59 Å². The van der Waals surface area contributed by atoms with Crippen molar-refractivity contribution in [3.05, 3.63) is 71.6 Å². The van der Waals surface area contributed by atoms with Gasteiger partial charge in [0.05, 0.1) is 50.1 Å². The highest BCUT2D eigenvalue weighted by Gasteiger charge is 2.43. The summed E-state index contributed by atoms with van der Waals surface area (Å²) in [5, 5.41) is 5.46. The quantitative estimate of drug-likeness (QED) is 0.118. The van der Waals surface area contributed by atoms with Gasteiger partial charge in [-0.1, -0.05) is 76.9 Å². The van der Waals surface area contributed by atoms with Gasteiger partial charge in [0.25, 0.3) is 0 Å². The highest BCUT2D eigenvalue weighted by atomic mass is 16.5. The number of aromatic amines is 2. The smallest absolute Gasteiger partial charge is 0.407 e. The number of H-pyrrole nitrogens is 2. The molecular weight excluding hydrogens is 773 g/mol. The molecule has 8 rings (SSSR count). The van der Waals surface area contributed by atoms with Gasteiger partial charge in [-0.25, -0.2) is 19.6 Å². The van der Waals surface area contributed by atoms with E-state index < -0.39 is 24.3 Å². The van der Waals surface area contributed by atoms with Gasteiger partial charge in [0.15, 0.2) is 0 Å². The zero-order chi connectivity index (χ0) is 43.0. The Morgan fingerprint density at radius 1 is 0.656 bits per heavy atom. The van der Waals surface area contributed by atoms with E-state index in [0.29, 0.717) is 13.1 Å². The van der Waals surface area contributed by atoms with Crippen LogP contribution in [0.15, 0.2) is 48.8 Å². The second-order valence-corrected chi connectivity index (χ2v) is 18.2. The van der Waals surface area contributed by atoms with Crippen molar-refractivity contribution < 1.29 is 28.7 Å². The van der Waals surface area contributed by atoms with E-state index >= 15 is 0 Å². The zero-order valence-electron chi connectivity index (χ0n) is 36.3. The maximum absolute atomic E-state index is 13.8. The van der Waals surface area contributed by atoms with Crippen LogP contribution in [0, 0.1) is 17.3 Å². The first kappa shape index (κ1) is 42.0. The van der Waals surface area contributed by atoms with Crippen LogP contribution in [0.2, 0.25) is 0 Å². The summed E-state index contributed by atoms with van der Waals surface area (Å²) in [6, 6.07) is 11.4. The Morgan fingerprint density at radius 3 is 1.62 bits per heavy atom. The van der Waals surface area contributed by atoms with E-state index in [2.05, 4.69) is 57.0 Å². The van der Waals surface area contributed by atoms with E-state index in [4.69, 9.17) is 19.4 Å². The lowest BCUT2D eigenvalue weighted by Crippen LogP contribution is -2.51. The minimum atomic E-state index is -0.687. The Bertz CT molecular complexity index is 2260. The zero-order valence-corrected chi connectivity index (χ0v) is 36.3. The third kappa shape index (κ3) is 8.25. The molecule has 14 heteroatoms. The number of carbonyl (C=O) groups is 4. The third-order valence-corrected chi connectivity index (χ3v) is 13.7. The summed E-state index contributed by atoms with van der Waals surface area (Å²) in [4.78, 5) is 72.1. The molecule has 2 aromatic heterocycles. The van der Waals surface area contributed by atoms with Gasteiger partial charge in [-0.3, -0.25) is 9.59 Å². The number of nitrogens with one attached hydrogen (secondary N) is 4. The predicted octanol–water partition coefficient (Wildman–Crippen LogP) is 7.88. The summed E-state index contributed by atoms with van der Waals surface area (Å²) in [5.74, 6) is 1.06. The van der Waals surface area contributed by atoms with Crippen LogP contribution in [0.3, 0.4) is 0 Å². The van der Waals surface area contributed by atoms with Crippen LogP contribution in [-0.4, -0.2) is 93.1 Å². The van der Waals surface area contributed by atoms with E-state index in [1.165, 1.54) is 62.2 Å². The number of nitrogens with zero attached hydrogens (tertiary/aromatic N) is 4. The highest BCUT2D eigenvalue weighted by molar-refractivity contribution is 5.87. The first-order chi connectivity index (χ1) is 29.4. The average molecular weight is 833 g/mol. The molecule has 4 amide bonds. The fraction of sp³-hybridized carbons (Fsp3) is 0.532. The number of hydrogen-bond donors (Lipinski definition) is 4. The molecule has 0 bridgehead atoms. The molecule has 0 radical (unpaired) electrons. The Balaban J connectivity index is 1.03. The van der Waals surface area contributed by atoms with Crippen molar-refractivity contribution in [1.29, 1.82) is 0 Å². The largest absolute Gasteiger partial charge is 0.453 e. The molecule has 4 heterocycles. The van der Waals surface area contributed by atoms with Crippen molar-refractivity contribution >= 4 is 24.0 Å². The minimum absolute atomic E-state index is 0.104. The van der Waals surface area contributed by atoms with Gasteiger partial charge in [-0.2, -0.15) is 0 Å². The molecule has 324 valence electrons. The molecule has 1 spiro atoms. The van der Waals surface area contributed by atoms with Crippen molar-refractivity contribution in [1.82, 2.24) is 40.4 Å². The van der Waals surface area contributed by atoms with Gasteiger partial charge in [0.1, 0.15) is 23.7 Å². The molecule has 61 heavy (non-hydrogen) atoms. The average Bonchev–Trinajstić information content (AvgIpc) is 4.12. The molecule has 4 N–H and O–H groups in total. The van der Waals surface area contributed by atoms with Crippen molar-refractivity contribution in [2.75, 3.05) is 27.3 Å². The Hall–Kier alpha value is -5.66. The van der Waals surface area contributed by atoms with Gasteiger partial charge in [-0.15, -0.1) is 0 Å². The topological polar surface area (TPSA) is 175 Å². The molecule has 2 aliphatic carbocycles. The number of methoxy groups -OCH3 is 2. The van der Waals surface area contributed by atoms with Crippen molar-refractivity contribution in [2.45, 2.75) is 116 Å². The van der Waals surface area contributed by atoms with Gasteiger partial charge in [-0.05, 0) is 96.4 Å². The lowest BCUT2D eigenvalue weighted by molar-refractivity contribution is -0.136. The van der Waals surface area contributed by atoms with E-state index in [9.17, 15) is 19.2 Å². The standard InChI is InChI=1S/C47H60N8O6/c1-27(2)39(52-45(58)60-5)43(56)54-21-9-11-37(54)41-48-25-35(50-41)30-15-13-29(14-16-30)31-17-18-32(34-24-47(23-33(31)34)19-7-8-20-47)36-26-49-42(51-36)38-12-10-22-55(38)44(57)40(28(3)4)53-46(59)61-6/h13-18,25-28,37-40H,7-12,19-24H2,1-6H3,(H,48,50)(H,49,51)(H,52,58)(H,53,59)/t37-,38-,39?,40-/m0/s1. The molecule has 4 aromatic rings. The fourth-order valence-electron chi connectivity index (χ4n) is 10.4. The summed E-state index contributed by atoms with van der Waals surface area (Å²) in [6.45, 7) is 8.88. The van der Waals surface area contributed by atoms with Crippen LogP contribution in [0.1, 0.15) is 114 Å².